The molecule has 1 aromatic carbocycles. The highest BCUT2D eigenvalue weighted by Gasteiger charge is 2.16. The summed E-state index contributed by atoms with van der Waals surface area (Å²) in [5.41, 5.74) is 2.85. The molecule has 0 aliphatic carbocycles. The fourth-order valence-electron chi connectivity index (χ4n) is 1.66. The molecule has 1 heterocycles. The first-order valence-corrected chi connectivity index (χ1v) is 6.57. The van der Waals surface area contributed by atoms with Crippen molar-refractivity contribution < 1.29 is 9.18 Å². The smallest absolute Gasteiger partial charge is 0.273 e. The quantitative estimate of drug-likeness (QED) is 0.850. The van der Waals surface area contributed by atoms with Gasteiger partial charge in [0.15, 0.2) is 0 Å². The molecule has 0 bridgehead atoms. The Morgan fingerprint density at radius 1 is 1.50 bits per heavy atom. The molecule has 0 saturated heterocycles. The van der Waals surface area contributed by atoms with Gasteiger partial charge in [0.25, 0.3) is 5.91 Å². The Kier molecular flexibility index (Phi) is 4.04. The van der Waals surface area contributed by atoms with Crippen LogP contribution in [0.1, 0.15) is 23.0 Å². The molecule has 2 rings (SSSR count). The number of hydrogen-bond donors (Lipinski definition) is 0. The Labute approximate surface area is 109 Å². The number of rotatable bonds is 4. The standard InChI is InChI=1S/C13H13FN2OS/c1-2-16(13(17)12-8-18-9-15-12)7-10-4-3-5-11(14)6-10/h3-6,8-9H,2,7H2,1H3. The van der Waals surface area contributed by atoms with E-state index in [-0.39, 0.29) is 11.7 Å². The maximum atomic E-state index is 13.1. The van der Waals surface area contributed by atoms with E-state index in [2.05, 4.69) is 4.98 Å². The SMILES string of the molecule is CCN(Cc1cccc(F)c1)C(=O)c1cscn1. The third-order valence-electron chi connectivity index (χ3n) is 2.58. The van der Waals surface area contributed by atoms with Gasteiger partial charge in [-0.1, -0.05) is 12.1 Å². The van der Waals surface area contributed by atoms with Gasteiger partial charge in [-0.2, -0.15) is 0 Å². The van der Waals surface area contributed by atoms with E-state index in [0.29, 0.717) is 18.8 Å². The van der Waals surface area contributed by atoms with E-state index in [0.717, 1.165) is 5.56 Å². The molecule has 1 amide bonds. The largest absolute Gasteiger partial charge is 0.333 e. The molecule has 5 heteroatoms. The van der Waals surface area contributed by atoms with Crippen molar-refractivity contribution in [2.45, 2.75) is 13.5 Å². The lowest BCUT2D eigenvalue weighted by Crippen LogP contribution is -2.30. The Hall–Kier alpha value is -1.75. The first-order chi connectivity index (χ1) is 8.70. The maximum absolute atomic E-state index is 13.1. The van der Waals surface area contributed by atoms with Crippen LogP contribution in [0.15, 0.2) is 35.2 Å². The van der Waals surface area contributed by atoms with Gasteiger partial charge in [-0.05, 0) is 24.6 Å². The van der Waals surface area contributed by atoms with Crippen LogP contribution >= 0.6 is 11.3 Å². The number of carbonyl (C=O) groups is 1. The first kappa shape index (κ1) is 12.7. The molecule has 3 nitrogen and oxygen atoms in total. The highest BCUT2D eigenvalue weighted by atomic mass is 32.1. The molecule has 0 spiro atoms. The van der Waals surface area contributed by atoms with Crippen LogP contribution < -0.4 is 0 Å². The Bertz CT molecular complexity index is 528. The summed E-state index contributed by atoms with van der Waals surface area (Å²) in [7, 11) is 0. The highest BCUT2D eigenvalue weighted by molar-refractivity contribution is 7.07. The van der Waals surface area contributed by atoms with Crippen molar-refractivity contribution in [3.05, 3.63) is 52.2 Å². The van der Waals surface area contributed by atoms with Gasteiger partial charge in [-0.15, -0.1) is 11.3 Å². The van der Waals surface area contributed by atoms with E-state index in [1.54, 1.807) is 27.9 Å². The summed E-state index contributed by atoms with van der Waals surface area (Å²) in [6.07, 6.45) is 0. The number of hydrogen-bond acceptors (Lipinski definition) is 3. The summed E-state index contributed by atoms with van der Waals surface area (Å²) in [6.45, 7) is 2.85. The van der Waals surface area contributed by atoms with Gasteiger partial charge in [-0.25, -0.2) is 9.37 Å². The van der Waals surface area contributed by atoms with Crippen LogP contribution in [0.25, 0.3) is 0 Å². The fraction of sp³-hybridized carbons (Fsp3) is 0.231. The number of aromatic nitrogens is 1. The molecule has 94 valence electrons. The molecule has 0 aliphatic heterocycles. The van der Waals surface area contributed by atoms with E-state index >= 15 is 0 Å². The Balaban J connectivity index is 2.12. The van der Waals surface area contributed by atoms with Crippen molar-refractivity contribution >= 4 is 17.2 Å². The molecular weight excluding hydrogens is 251 g/mol. The molecule has 0 saturated carbocycles. The maximum Gasteiger partial charge on any atom is 0.273 e. The Morgan fingerprint density at radius 2 is 2.33 bits per heavy atom. The highest BCUT2D eigenvalue weighted by Crippen LogP contribution is 2.11. The third kappa shape index (κ3) is 2.92. The molecule has 1 aromatic heterocycles. The summed E-state index contributed by atoms with van der Waals surface area (Å²) >= 11 is 1.39. The lowest BCUT2D eigenvalue weighted by molar-refractivity contribution is 0.0747. The third-order valence-corrected chi connectivity index (χ3v) is 3.17. The lowest BCUT2D eigenvalue weighted by atomic mass is 10.2. The van der Waals surface area contributed by atoms with Crippen LogP contribution in [0, 0.1) is 5.82 Å². The van der Waals surface area contributed by atoms with E-state index in [1.165, 1.54) is 23.5 Å². The van der Waals surface area contributed by atoms with Gasteiger partial charge < -0.3 is 4.90 Å². The zero-order valence-electron chi connectivity index (χ0n) is 9.97. The molecule has 0 fully saturated rings. The fourth-order valence-corrected chi connectivity index (χ4v) is 2.19. The number of nitrogens with zero attached hydrogens (tertiary/aromatic N) is 2. The summed E-state index contributed by atoms with van der Waals surface area (Å²) < 4.78 is 13.1. The van der Waals surface area contributed by atoms with Crippen LogP contribution in [0.2, 0.25) is 0 Å². The second-order valence-corrected chi connectivity index (χ2v) is 4.54. The second kappa shape index (κ2) is 5.73. The van der Waals surface area contributed by atoms with Gasteiger partial charge >= 0.3 is 0 Å². The number of carbonyl (C=O) groups excluding carboxylic acids is 1. The van der Waals surface area contributed by atoms with Gasteiger partial charge in [0, 0.05) is 18.5 Å². The van der Waals surface area contributed by atoms with Gasteiger partial charge in [0.1, 0.15) is 11.5 Å². The summed E-state index contributed by atoms with van der Waals surface area (Å²) in [6, 6.07) is 6.28. The number of halogens is 1. The molecule has 18 heavy (non-hydrogen) atoms. The summed E-state index contributed by atoms with van der Waals surface area (Å²) in [5.74, 6) is -0.410. The van der Waals surface area contributed by atoms with E-state index in [1.807, 2.05) is 6.92 Å². The van der Waals surface area contributed by atoms with Crippen molar-refractivity contribution in [2.24, 2.45) is 0 Å². The van der Waals surface area contributed by atoms with Crippen molar-refractivity contribution in [3.8, 4) is 0 Å². The monoisotopic (exact) mass is 264 g/mol. The van der Waals surface area contributed by atoms with Crippen LogP contribution in [0.5, 0.6) is 0 Å². The average molecular weight is 264 g/mol. The Morgan fingerprint density at radius 3 is 2.94 bits per heavy atom. The lowest BCUT2D eigenvalue weighted by Gasteiger charge is -2.19. The van der Waals surface area contributed by atoms with E-state index in [4.69, 9.17) is 0 Å². The van der Waals surface area contributed by atoms with Gasteiger partial charge in [0.2, 0.25) is 0 Å². The zero-order valence-corrected chi connectivity index (χ0v) is 10.8. The van der Waals surface area contributed by atoms with Crippen LogP contribution in [-0.2, 0) is 6.54 Å². The first-order valence-electron chi connectivity index (χ1n) is 5.62. The van der Waals surface area contributed by atoms with Gasteiger partial charge in [-0.3, -0.25) is 4.79 Å². The molecule has 0 aliphatic rings. The predicted octanol–water partition coefficient (Wildman–Crippen LogP) is 2.94. The van der Waals surface area contributed by atoms with Crippen LogP contribution in [-0.4, -0.2) is 22.3 Å². The summed E-state index contributed by atoms with van der Waals surface area (Å²) in [4.78, 5) is 17.7. The molecular formula is C13H13FN2OS. The van der Waals surface area contributed by atoms with E-state index in [9.17, 15) is 9.18 Å². The van der Waals surface area contributed by atoms with Crippen molar-refractivity contribution in [3.63, 3.8) is 0 Å². The van der Waals surface area contributed by atoms with Crippen molar-refractivity contribution in [1.82, 2.24) is 9.88 Å². The summed E-state index contributed by atoms with van der Waals surface area (Å²) in [5, 5.41) is 1.72. The molecule has 0 unspecified atom stereocenters. The normalized spacial score (nSPS) is 10.3. The number of benzene rings is 1. The molecule has 2 aromatic rings. The zero-order chi connectivity index (χ0) is 13.0. The number of amides is 1. The predicted molar refractivity (Wildman–Crippen MR) is 68.9 cm³/mol. The van der Waals surface area contributed by atoms with Crippen molar-refractivity contribution in [1.29, 1.82) is 0 Å². The minimum Gasteiger partial charge on any atom is -0.333 e. The second-order valence-electron chi connectivity index (χ2n) is 3.82. The van der Waals surface area contributed by atoms with Crippen LogP contribution in [0.4, 0.5) is 4.39 Å². The number of thiazole rings is 1. The topological polar surface area (TPSA) is 33.2 Å². The molecule has 0 atom stereocenters. The minimum absolute atomic E-state index is 0.122. The van der Waals surface area contributed by atoms with Crippen molar-refractivity contribution in [2.75, 3.05) is 6.54 Å². The van der Waals surface area contributed by atoms with E-state index < -0.39 is 0 Å². The molecule has 0 radical (unpaired) electrons. The minimum atomic E-state index is -0.287. The van der Waals surface area contributed by atoms with Crippen LogP contribution in [0.3, 0.4) is 0 Å². The molecule has 0 N–H and O–H groups in total. The van der Waals surface area contributed by atoms with Gasteiger partial charge in [0.05, 0.1) is 5.51 Å². The average Bonchev–Trinajstić information content (AvgIpc) is 2.89.